The fourth-order valence-electron chi connectivity index (χ4n) is 1.93. The van der Waals surface area contributed by atoms with Gasteiger partial charge >= 0.3 is 6.03 Å². The van der Waals surface area contributed by atoms with Gasteiger partial charge in [-0.05, 0) is 18.2 Å². The van der Waals surface area contributed by atoms with Crippen molar-refractivity contribution in [3.8, 4) is 11.5 Å². The summed E-state index contributed by atoms with van der Waals surface area (Å²) < 4.78 is 32.1. The Labute approximate surface area is 174 Å². The van der Waals surface area contributed by atoms with Crippen LogP contribution in [0.25, 0.3) is 0 Å². The van der Waals surface area contributed by atoms with Crippen molar-refractivity contribution >= 4 is 56.5 Å². The molecule has 0 radical (unpaired) electrons. The number of nitro groups is 1. The highest BCUT2D eigenvalue weighted by Gasteiger charge is 2.29. The Morgan fingerprint density at radius 3 is 2.21 bits per heavy atom. The molecule has 0 spiro atoms. The molecule has 0 saturated heterocycles. The van der Waals surface area contributed by atoms with Crippen LogP contribution in [-0.2, 0) is 10.0 Å². The maximum atomic E-state index is 12.5. The number of carbonyl (C=O) groups is 1. The number of sulfonamides is 1. The Kier molecular flexibility index (Phi) is 6.60. The molecule has 13 heteroatoms. The first-order valence-corrected chi connectivity index (χ1v) is 9.89. The Morgan fingerprint density at radius 2 is 1.71 bits per heavy atom. The number of urea groups is 1. The molecular weight excluding hydrogens is 457 g/mol. The van der Waals surface area contributed by atoms with Crippen molar-refractivity contribution in [3.05, 3.63) is 55.5 Å². The lowest BCUT2D eigenvalue weighted by molar-refractivity contribution is -0.387. The monoisotopic (exact) mass is 467 g/mol. The minimum atomic E-state index is -4.57. The molecule has 150 valence electrons. The first-order chi connectivity index (χ1) is 12.9. The maximum Gasteiger partial charge on any atom is 0.330 e. The van der Waals surface area contributed by atoms with Crippen LogP contribution in [0.2, 0.25) is 15.1 Å². The van der Waals surface area contributed by atoms with Gasteiger partial charge in [0.2, 0.25) is 0 Å². The number of rotatable bonds is 5. The number of nitrogens with zero attached hydrogens (tertiary/aromatic N) is 2. The summed E-state index contributed by atoms with van der Waals surface area (Å²) in [5.41, 5.74) is -0.750. The summed E-state index contributed by atoms with van der Waals surface area (Å²) in [6, 6.07) is 4.68. The molecule has 2 amide bonds. The van der Waals surface area contributed by atoms with E-state index in [0.29, 0.717) is 0 Å². The largest absolute Gasteiger partial charge is 0.454 e. The van der Waals surface area contributed by atoms with Crippen LogP contribution >= 0.6 is 34.8 Å². The summed E-state index contributed by atoms with van der Waals surface area (Å²) in [5, 5.41) is 11.6. The van der Waals surface area contributed by atoms with Gasteiger partial charge in [-0.1, -0.05) is 34.8 Å². The van der Waals surface area contributed by atoms with Gasteiger partial charge in [0.05, 0.1) is 15.0 Å². The van der Waals surface area contributed by atoms with Gasteiger partial charge in [0.25, 0.3) is 15.7 Å². The molecule has 0 aliphatic heterocycles. The number of ether oxygens (including phenoxy) is 1. The second-order valence-corrected chi connectivity index (χ2v) is 8.39. The smallest absolute Gasteiger partial charge is 0.330 e. The lowest BCUT2D eigenvalue weighted by Crippen LogP contribution is -2.38. The molecule has 0 aliphatic carbocycles. The minimum absolute atomic E-state index is 0.0257. The van der Waals surface area contributed by atoms with E-state index in [1.54, 1.807) is 4.72 Å². The van der Waals surface area contributed by atoms with Crippen molar-refractivity contribution in [1.29, 1.82) is 0 Å². The molecule has 0 bridgehead atoms. The van der Waals surface area contributed by atoms with Gasteiger partial charge in [0, 0.05) is 31.3 Å². The van der Waals surface area contributed by atoms with Crippen molar-refractivity contribution in [1.82, 2.24) is 9.62 Å². The number of nitro benzene ring substituents is 1. The third kappa shape index (κ3) is 4.96. The van der Waals surface area contributed by atoms with Gasteiger partial charge in [-0.25, -0.2) is 17.9 Å². The lowest BCUT2D eigenvalue weighted by atomic mass is 10.3. The number of hydrogen-bond donors (Lipinski definition) is 1. The van der Waals surface area contributed by atoms with Crippen molar-refractivity contribution in [2.45, 2.75) is 4.90 Å². The van der Waals surface area contributed by atoms with E-state index in [1.165, 1.54) is 26.2 Å². The van der Waals surface area contributed by atoms with Crippen LogP contribution in [0.3, 0.4) is 0 Å². The first kappa shape index (κ1) is 22.0. The van der Waals surface area contributed by atoms with E-state index in [4.69, 9.17) is 39.5 Å². The second-order valence-electron chi connectivity index (χ2n) is 5.49. The van der Waals surface area contributed by atoms with Crippen molar-refractivity contribution < 1.29 is 22.9 Å². The molecule has 0 unspecified atom stereocenters. The summed E-state index contributed by atoms with van der Waals surface area (Å²) in [6.45, 7) is 0. The van der Waals surface area contributed by atoms with Gasteiger partial charge in [-0.15, -0.1) is 0 Å². The summed E-state index contributed by atoms with van der Waals surface area (Å²) in [4.78, 5) is 22.2. The molecule has 28 heavy (non-hydrogen) atoms. The zero-order valence-corrected chi connectivity index (χ0v) is 17.4. The molecule has 9 nitrogen and oxygen atoms in total. The molecule has 0 saturated carbocycles. The predicted molar refractivity (Wildman–Crippen MR) is 104 cm³/mol. The Balaban J connectivity index is 2.52. The molecule has 0 fully saturated rings. The SMILES string of the molecule is CN(C)C(=O)NS(=O)(=O)c1cc(Oc2c(Cl)cc(Cl)cc2Cl)ccc1[N+](=O)[O-]. The average Bonchev–Trinajstić information content (AvgIpc) is 2.57. The third-order valence-electron chi connectivity index (χ3n) is 3.23. The van der Waals surface area contributed by atoms with Gasteiger partial charge in [-0.3, -0.25) is 10.1 Å². The molecule has 0 heterocycles. The maximum absolute atomic E-state index is 12.5. The molecule has 2 aromatic carbocycles. The average molecular weight is 469 g/mol. The topological polar surface area (TPSA) is 119 Å². The normalized spacial score (nSPS) is 11.0. The van der Waals surface area contributed by atoms with Crippen molar-refractivity contribution in [2.24, 2.45) is 0 Å². The molecule has 0 aromatic heterocycles. The Morgan fingerprint density at radius 1 is 1.14 bits per heavy atom. The van der Waals surface area contributed by atoms with Crippen LogP contribution in [0.5, 0.6) is 11.5 Å². The quantitative estimate of drug-likeness (QED) is 0.516. The second kappa shape index (κ2) is 8.39. The van der Waals surface area contributed by atoms with Gasteiger partial charge in [0.15, 0.2) is 10.6 Å². The fraction of sp³-hybridized carbons (Fsp3) is 0.133. The number of hydrogen-bond acceptors (Lipinski definition) is 6. The molecule has 0 aliphatic rings. The van der Waals surface area contributed by atoms with E-state index in [-0.39, 0.29) is 26.6 Å². The van der Waals surface area contributed by atoms with Crippen LogP contribution in [0, 0.1) is 10.1 Å². The van der Waals surface area contributed by atoms with E-state index >= 15 is 0 Å². The van der Waals surface area contributed by atoms with E-state index in [2.05, 4.69) is 0 Å². The molecule has 2 aromatic rings. The molecule has 1 N–H and O–H groups in total. The van der Waals surface area contributed by atoms with Gasteiger partial charge in [0.1, 0.15) is 5.75 Å². The van der Waals surface area contributed by atoms with E-state index in [0.717, 1.165) is 23.1 Å². The van der Waals surface area contributed by atoms with E-state index < -0.39 is 31.6 Å². The highest BCUT2D eigenvalue weighted by Crippen LogP contribution is 2.40. The van der Waals surface area contributed by atoms with E-state index in [1.807, 2.05) is 0 Å². The highest BCUT2D eigenvalue weighted by molar-refractivity contribution is 7.90. The predicted octanol–water partition coefficient (Wildman–Crippen LogP) is 4.31. The number of benzene rings is 2. The van der Waals surface area contributed by atoms with Gasteiger partial charge < -0.3 is 9.64 Å². The molecule has 0 atom stereocenters. The summed E-state index contributed by atoms with van der Waals surface area (Å²) >= 11 is 17.9. The first-order valence-electron chi connectivity index (χ1n) is 7.27. The number of carbonyl (C=O) groups excluding carboxylic acids is 1. The van der Waals surface area contributed by atoms with Crippen molar-refractivity contribution in [2.75, 3.05) is 14.1 Å². The lowest BCUT2D eigenvalue weighted by Gasteiger charge is -2.14. The summed E-state index contributed by atoms with van der Waals surface area (Å²) in [7, 11) is -1.95. The summed E-state index contributed by atoms with van der Waals surface area (Å²) in [6.07, 6.45) is 0. The van der Waals surface area contributed by atoms with Crippen LogP contribution in [0.1, 0.15) is 0 Å². The van der Waals surface area contributed by atoms with Crippen molar-refractivity contribution in [3.63, 3.8) is 0 Å². The minimum Gasteiger partial charge on any atom is -0.454 e. The molecule has 2 rings (SSSR count). The van der Waals surface area contributed by atoms with Gasteiger partial charge in [-0.2, -0.15) is 0 Å². The molecular formula is C15H12Cl3N3O6S. The zero-order valence-electron chi connectivity index (χ0n) is 14.3. The standard InChI is InChI=1S/C15H12Cl3N3O6S/c1-20(2)15(22)19-28(25,26)13-7-9(3-4-12(13)21(23)24)27-14-10(17)5-8(16)6-11(14)18/h3-7H,1-2H3,(H,19,22). The van der Waals surface area contributed by atoms with E-state index in [9.17, 15) is 23.3 Å². The number of halogens is 3. The number of amides is 2. The Bertz CT molecular complexity index is 1040. The van der Waals surface area contributed by atoms with Crippen LogP contribution in [0.4, 0.5) is 10.5 Å². The number of nitrogens with one attached hydrogen (secondary N) is 1. The van der Waals surface area contributed by atoms with Crippen LogP contribution < -0.4 is 9.46 Å². The fourth-order valence-corrected chi connectivity index (χ4v) is 4.04. The van der Waals surface area contributed by atoms with Crippen LogP contribution in [0.15, 0.2) is 35.2 Å². The van der Waals surface area contributed by atoms with Crippen LogP contribution in [-0.4, -0.2) is 38.4 Å². The third-order valence-corrected chi connectivity index (χ3v) is 5.36. The zero-order chi connectivity index (χ0) is 21.2. The Hall–Kier alpha value is -2.27. The summed E-state index contributed by atoms with van der Waals surface area (Å²) in [5.74, 6) is -0.142. The highest BCUT2D eigenvalue weighted by atomic mass is 35.5.